The number of nitriles is 1. The Balaban J connectivity index is 1.42. The molecule has 1 fully saturated rings. The topological polar surface area (TPSA) is 106 Å². The van der Waals surface area contributed by atoms with Crippen LogP contribution in [-0.4, -0.2) is 58.6 Å². The van der Waals surface area contributed by atoms with Gasteiger partial charge in [-0.2, -0.15) is 10.2 Å². The van der Waals surface area contributed by atoms with Gasteiger partial charge in [0.15, 0.2) is 0 Å². The van der Waals surface area contributed by atoms with Gasteiger partial charge in [0.2, 0.25) is 5.82 Å². The Morgan fingerprint density at radius 1 is 1.22 bits per heavy atom. The standard InChI is InChI=1S/C28H30FN5O3/c1-17(2)11-22-15-34(28(35)36)9-7-18-12-19(3-5-24(18)22)26-31-27(37-32-26)20-4-6-25(21(13-20)14-30)33-10-8-23(29)16-33/h3-6,12-13,17,22-23H,7-11,15-16H2,1-2H3,(H,35,36). The largest absolute Gasteiger partial charge is 0.465 e. The van der Waals surface area contributed by atoms with E-state index in [1.54, 1.807) is 12.1 Å². The summed E-state index contributed by atoms with van der Waals surface area (Å²) in [6.45, 7) is 6.12. The van der Waals surface area contributed by atoms with Crippen LogP contribution < -0.4 is 4.90 Å². The fourth-order valence-electron chi connectivity index (χ4n) is 5.44. The van der Waals surface area contributed by atoms with Crippen molar-refractivity contribution >= 4 is 11.8 Å². The molecule has 2 unspecified atom stereocenters. The number of hydrogen-bond acceptors (Lipinski definition) is 6. The number of hydrogen-bond donors (Lipinski definition) is 1. The molecule has 2 aliphatic heterocycles. The number of benzene rings is 2. The summed E-state index contributed by atoms with van der Waals surface area (Å²) in [7, 11) is 0. The first-order valence-corrected chi connectivity index (χ1v) is 12.7. The third-order valence-corrected chi connectivity index (χ3v) is 7.22. The van der Waals surface area contributed by atoms with Crippen molar-refractivity contribution in [3.63, 3.8) is 0 Å². The molecule has 2 aromatic carbocycles. The first-order chi connectivity index (χ1) is 17.8. The number of carboxylic acid groups (broad SMARTS) is 1. The minimum absolute atomic E-state index is 0.134. The molecule has 8 nitrogen and oxygen atoms in total. The van der Waals surface area contributed by atoms with E-state index in [-0.39, 0.29) is 5.92 Å². The number of alkyl halides is 1. The Morgan fingerprint density at radius 2 is 2.03 bits per heavy atom. The number of halogens is 1. The lowest BCUT2D eigenvalue weighted by Crippen LogP contribution is -2.33. The van der Waals surface area contributed by atoms with Crippen molar-refractivity contribution in [2.75, 3.05) is 31.1 Å². The van der Waals surface area contributed by atoms with Crippen LogP contribution in [0.5, 0.6) is 0 Å². The Hall–Kier alpha value is -3.93. The van der Waals surface area contributed by atoms with Crippen molar-refractivity contribution < 1.29 is 18.8 Å². The van der Waals surface area contributed by atoms with Gasteiger partial charge in [0, 0.05) is 43.2 Å². The Bertz CT molecular complexity index is 1350. The van der Waals surface area contributed by atoms with E-state index in [0.29, 0.717) is 73.5 Å². The van der Waals surface area contributed by atoms with E-state index in [4.69, 9.17) is 4.52 Å². The molecule has 3 aromatic rings. The van der Waals surface area contributed by atoms with Gasteiger partial charge in [-0.15, -0.1) is 0 Å². The van der Waals surface area contributed by atoms with E-state index in [0.717, 1.165) is 17.5 Å². The molecule has 5 rings (SSSR count). The second kappa shape index (κ2) is 10.2. The molecular weight excluding hydrogens is 473 g/mol. The van der Waals surface area contributed by atoms with Crippen LogP contribution >= 0.6 is 0 Å². The number of anilines is 1. The SMILES string of the molecule is CC(C)CC1CN(C(=O)O)CCc2cc(-c3noc(-c4ccc(N5CCC(F)C5)c(C#N)c4)n3)ccc21. The smallest absolute Gasteiger partial charge is 0.407 e. The Morgan fingerprint density at radius 3 is 2.73 bits per heavy atom. The third kappa shape index (κ3) is 5.15. The minimum atomic E-state index is -0.887. The average molecular weight is 504 g/mol. The summed E-state index contributed by atoms with van der Waals surface area (Å²) in [6, 6.07) is 13.6. The minimum Gasteiger partial charge on any atom is -0.465 e. The lowest BCUT2D eigenvalue weighted by molar-refractivity contribution is 0.142. The van der Waals surface area contributed by atoms with Crippen LogP contribution in [0.2, 0.25) is 0 Å². The monoisotopic (exact) mass is 503 g/mol. The molecule has 1 saturated heterocycles. The van der Waals surface area contributed by atoms with Gasteiger partial charge < -0.3 is 19.4 Å². The van der Waals surface area contributed by atoms with Crippen molar-refractivity contribution in [1.29, 1.82) is 5.26 Å². The molecule has 0 bridgehead atoms. The van der Waals surface area contributed by atoms with E-state index < -0.39 is 12.3 Å². The maximum Gasteiger partial charge on any atom is 0.407 e. The van der Waals surface area contributed by atoms with Crippen molar-refractivity contribution in [2.24, 2.45) is 5.92 Å². The van der Waals surface area contributed by atoms with Crippen LogP contribution in [0, 0.1) is 17.2 Å². The fourth-order valence-corrected chi connectivity index (χ4v) is 5.44. The molecular formula is C28H30FN5O3. The quantitative estimate of drug-likeness (QED) is 0.491. The first-order valence-electron chi connectivity index (χ1n) is 12.7. The summed E-state index contributed by atoms with van der Waals surface area (Å²) in [5.74, 6) is 1.31. The van der Waals surface area contributed by atoms with Gasteiger partial charge in [-0.25, -0.2) is 9.18 Å². The van der Waals surface area contributed by atoms with Crippen molar-refractivity contribution in [1.82, 2.24) is 15.0 Å². The number of aromatic nitrogens is 2. The third-order valence-electron chi connectivity index (χ3n) is 7.22. The number of nitrogens with zero attached hydrogens (tertiary/aromatic N) is 5. The van der Waals surface area contributed by atoms with E-state index in [9.17, 15) is 19.6 Å². The van der Waals surface area contributed by atoms with E-state index >= 15 is 0 Å². The highest BCUT2D eigenvalue weighted by molar-refractivity contribution is 5.69. The molecule has 1 aromatic heterocycles. The molecule has 0 spiro atoms. The molecule has 3 heterocycles. The molecule has 2 aliphatic rings. The van der Waals surface area contributed by atoms with Gasteiger partial charge in [-0.1, -0.05) is 31.1 Å². The number of fused-ring (bicyclic) bond motifs is 1. The number of rotatable bonds is 5. The number of carbonyl (C=O) groups is 1. The van der Waals surface area contributed by atoms with Crippen molar-refractivity contribution in [3.05, 3.63) is 53.1 Å². The molecule has 9 heteroatoms. The van der Waals surface area contributed by atoms with Crippen molar-refractivity contribution in [3.8, 4) is 28.9 Å². The van der Waals surface area contributed by atoms with Crippen LogP contribution in [-0.2, 0) is 6.42 Å². The molecule has 0 aliphatic carbocycles. The van der Waals surface area contributed by atoms with Crippen LogP contribution in [0.3, 0.4) is 0 Å². The summed E-state index contributed by atoms with van der Waals surface area (Å²) >= 11 is 0. The van der Waals surface area contributed by atoms with Crippen LogP contribution in [0.15, 0.2) is 40.9 Å². The van der Waals surface area contributed by atoms with Gasteiger partial charge in [0.25, 0.3) is 5.89 Å². The van der Waals surface area contributed by atoms with Gasteiger partial charge in [0.1, 0.15) is 12.2 Å². The lowest BCUT2D eigenvalue weighted by atomic mass is 9.86. The van der Waals surface area contributed by atoms with Crippen LogP contribution in [0.1, 0.15) is 49.3 Å². The van der Waals surface area contributed by atoms with Gasteiger partial charge in [-0.05, 0) is 60.6 Å². The highest BCUT2D eigenvalue weighted by atomic mass is 19.1. The lowest BCUT2D eigenvalue weighted by Gasteiger charge is -2.24. The van der Waals surface area contributed by atoms with E-state index in [1.807, 2.05) is 23.1 Å². The van der Waals surface area contributed by atoms with Crippen LogP contribution in [0.4, 0.5) is 14.9 Å². The Labute approximate surface area is 215 Å². The van der Waals surface area contributed by atoms with Gasteiger partial charge in [0.05, 0.1) is 11.3 Å². The summed E-state index contributed by atoms with van der Waals surface area (Å²) in [4.78, 5) is 19.7. The molecule has 0 saturated carbocycles. The molecule has 2 atom stereocenters. The molecule has 0 radical (unpaired) electrons. The van der Waals surface area contributed by atoms with E-state index in [1.165, 1.54) is 10.5 Å². The van der Waals surface area contributed by atoms with Crippen molar-refractivity contribution in [2.45, 2.75) is 45.2 Å². The average Bonchev–Trinajstić information content (AvgIpc) is 3.50. The summed E-state index contributed by atoms with van der Waals surface area (Å²) in [5.41, 5.74) is 4.85. The predicted octanol–water partition coefficient (Wildman–Crippen LogP) is 5.49. The van der Waals surface area contributed by atoms with E-state index in [2.05, 4.69) is 36.1 Å². The molecule has 192 valence electrons. The fraction of sp³-hybridized carbons (Fsp3) is 0.429. The first kappa shape index (κ1) is 24.8. The highest BCUT2D eigenvalue weighted by Gasteiger charge is 2.27. The van der Waals surface area contributed by atoms with Gasteiger partial charge >= 0.3 is 6.09 Å². The predicted molar refractivity (Wildman–Crippen MR) is 137 cm³/mol. The maximum absolute atomic E-state index is 13.7. The molecule has 37 heavy (non-hydrogen) atoms. The second-order valence-electron chi connectivity index (χ2n) is 10.3. The molecule has 1 amide bonds. The second-order valence-corrected chi connectivity index (χ2v) is 10.3. The highest BCUT2D eigenvalue weighted by Crippen LogP contribution is 2.34. The van der Waals surface area contributed by atoms with Crippen LogP contribution in [0.25, 0.3) is 22.8 Å². The summed E-state index contributed by atoms with van der Waals surface area (Å²) in [6.07, 6.45) is 0.230. The zero-order chi connectivity index (χ0) is 26.1. The van der Waals surface area contributed by atoms with Gasteiger partial charge in [-0.3, -0.25) is 0 Å². The summed E-state index contributed by atoms with van der Waals surface area (Å²) in [5, 5.41) is 23.5. The number of amides is 1. The zero-order valence-corrected chi connectivity index (χ0v) is 21.0. The normalized spacial score (nSPS) is 19.5. The Kier molecular flexibility index (Phi) is 6.83. The summed E-state index contributed by atoms with van der Waals surface area (Å²) < 4.78 is 19.2. The zero-order valence-electron chi connectivity index (χ0n) is 21.0. The maximum atomic E-state index is 13.7. The molecule has 1 N–H and O–H groups in total.